The van der Waals surface area contributed by atoms with Crippen molar-refractivity contribution in [2.45, 2.75) is 18.7 Å². The number of anilines is 2. The molecule has 0 heterocycles. The lowest BCUT2D eigenvalue weighted by Gasteiger charge is -2.14. The number of para-hydroxylation sites is 1. The molecule has 4 nitrogen and oxygen atoms in total. The van der Waals surface area contributed by atoms with Gasteiger partial charge in [-0.3, -0.25) is 4.72 Å². The number of benzene rings is 2. The molecule has 2 aromatic rings. The summed E-state index contributed by atoms with van der Waals surface area (Å²) in [5.41, 5.74) is 7.74. The fraction of sp³-hybridized carbons (Fsp3) is 0.143. The number of sulfonamides is 1. The molecule has 2 aromatic carbocycles. The van der Waals surface area contributed by atoms with Crippen LogP contribution in [0.1, 0.15) is 11.1 Å². The lowest BCUT2D eigenvalue weighted by molar-refractivity contribution is 0.570. The number of aryl methyl sites for hydroxylation is 2. The largest absolute Gasteiger partial charge is 0.398 e. The minimum Gasteiger partial charge on any atom is -0.398 e. The summed E-state index contributed by atoms with van der Waals surface area (Å²) in [4.78, 5) is -0.481. The summed E-state index contributed by atoms with van der Waals surface area (Å²) < 4.78 is 41.4. The Bertz CT molecular complexity index is 787. The molecule has 0 saturated heterocycles. The van der Waals surface area contributed by atoms with Gasteiger partial charge in [-0.1, -0.05) is 18.2 Å². The van der Waals surface area contributed by atoms with E-state index in [1.54, 1.807) is 26.0 Å². The molecule has 7 heteroatoms. The number of nitrogen functional groups attached to an aromatic ring is 1. The Morgan fingerprint density at radius 1 is 1.19 bits per heavy atom. The van der Waals surface area contributed by atoms with Crippen molar-refractivity contribution in [1.29, 1.82) is 0 Å². The maximum Gasteiger partial charge on any atom is 0.264 e. The highest BCUT2D eigenvalue weighted by Crippen LogP contribution is 2.29. The molecule has 0 aliphatic carbocycles. The average Bonchev–Trinajstić information content (AvgIpc) is 2.38. The van der Waals surface area contributed by atoms with Crippen LogP contribution in [0, 0.1) is 19.7 Å². The SMILES string of the molecule is Cc1cccc(C)c1NS(=O)(=O)c1cc(N)c(Br)cc1F. The van der Waals surface area contributed by atoms with Crippen molar-refractivity contribution in [3.8, 4) is 0 Å². The van der Waals surface area contributed by atoms with Crippen LogP contribution in [0.2, 0.25) is 0 Å². The van der Waals surface area contributed by atoms with Gasteiger partial charge >= 0.3 is 0 Å². The quantitative estimate of drug-likeness (QED) is 0.808. The molecule has 0 bridgehead atoms. The van der Waals surface area contributed by atoms with E-state index in [9.17, 15) is 12.8 Å². The van der Waals surface area contributed by atoms with E-state index in [2.05, 4.69) is 20.7 Å². The Hall–Kier alpha value is -1.60. The monoisotopic (exact) mass is 372 g/mol. The van der Waals surface area contributed by atoms with Gasteiger partial charge in [0.25, 0.3) is 10.0 Å². The van der Waals surface area contributed by atoms with Crippen molar-refractivity contribution in [2.24, 2.45) is 0 Å². The average molecular weight is 373 g/mol. The Kier molecular flexibility index (Phi) is 4.25. The van der Waals surface area contributed by atoms with Gasteiger partial charge in [-0.2, -0.15) is 0 Å². The molecular formula is C14H14BrFN2O2S. The molecule has 0 spiro atoms. The summed E-state index contributed by atoms with van der Waals surface area (Å²) >= 11 is 3.06. The van der Waals surface area contributed by atoms with E-state index in [-0.39, 0.29) is 5.69 Å². The van der Waals surface area contributed by atoms with E-state index in [0.717, 1.165) is 23.3 Å². The fourth-order valence-corrected chi connectivity index (χ4v) is 3.53. The lowest BCUT2D eigenvalue weighted by Crippen LogP contribution is -2.16. The van der Waals surface area contributed by atoms with Gasteiger partial charge in [-0.25, -0.2) is 12.8 Å². The Balaban J connectivity index is 2.51. The molecule has 21 heavy (non-hydrogen) atoms. The van der Waals surface area contributed by atoms with E-state index in [0.29, 0.717) is 10.2 Å². The number of rotatable bonds is 3. The summed E-state index contributed by atoms with van der Waals surface area (Å²) in [6.07, 6.45) is 0. The molecule has 0 amide bonds. The molecule has 112 valence electrons. The van der Waals surface area contributed by atoms with E-state index in [4.69, 9.17) is 5.73 Å². The third-order valence-electron chi connectivity index (χ3n) is 3.06. The smallest absolute Gasteiger partial charge is 0.264 e. The number of nitrogens with one attached hydrogen (secondary N) is 1. The third kappa shape index (κ3) is 3.19. The second-order valence-corrected chi connectivity index (χ2v) is 7.18. The van der Waals surface area contributed by atoms with E-state index in [1.165, 1.54) is 0 Å². The fourth-order valence-electron chi connectivity index (χ4n) is 1.92. The second kappa shape index (κ2) is 5.65. The minimum absolute atomic E-state index is 0.151. The summed E-state index contributed by atoms with van der Waals surface area (Å²) in [7, 11) is -4.05. The summed E-state index contributed by atoms with van der Waals surface area (Å²) in [5, 5.41) is 0. The summed E-state index contributed by atoms with van der Waals surface area (Å²) in [6, 6.07) is 7.50. The molecule has 0 radical (unpaired) electrons. The lowest BCUT2D eigenvalue weighted by atomic mass is 10.1. The molecule has 2 rings (SSSR count). The molecule has 0 unspecified atom stereocenters. The predicted molar refractivity (Wildman–Crippen MR) is 85.2 cm³/mol. The Morgan fingerprint density at radius 2 is 1.76 bits per heavy atom. The Morgan fingerprint density at radius 3 is 2.33 bits per heavy atom. The van der Waals surface area contributed by atoms with Crippen molar-refractivity contribution >= 4 is 37.3 Å². The van der Waals surface area contributed by atoms with Gasteiger partial charge in [0.1, 0.15) is 10.7 Å². The van der Waals surface area contributed by atoms with Gasteiger partial charge in [0, 0.05) is 10.2 Å². The maximum absolute atomic E-state index is 13.9. The van der Waals surface area contributed by atoms with Gasteiger partial charge in [0.2, 0.25) is 0 Å². The predicted octanol–water partition coefficient (Wildman–Crippen LogP) is 3.59. The maximum atomic E-state index is 13.9. The number of hydrogen-bond donors (Lipinski definition) is 2. The van der Waals surface area contributed by atoms with Crippen LogP contribution in [0.25, 0.3) is 0 Å². The van der Waals surface area contributed by atoms with Crippen molar-refractivity contribution in [2.75, 3.05) is 10.5 Å². The highest BCUT2D eigenvalue weighted by Gasteiger charge is 2.22. The summed E-state index contributed by atoms with van der Waals surface area (Å²) in [5.74, 6) is -0.866. The van der Waals surface area contributed by atoms with Gasteiger partial charge in [-0.15, -0.1) is 0 Å². The zero-order valence-corrected chi connectivity index (χ0v) is 13.8. The van der Waals surface area contributed by atoms with Crippen LogP contribution in [0.3, 0.4) is 0 Å². The molecule has 0 fully saturated rings. The number of hydrogen-bond acceptors (Lipinski definition) is 3. The van der Waals surface area contributed by atoms with Crippen LogP contribution in [-0.4, -0.2) is 8.42 Å². The summed E-state index contributed by atoms with van der Waals surface area (Å²) in [6.45, 7) is 3.55. The molecule has 0 aliphatic heterocycles. The number of halogens is 2. The zero-order valence-electron chi connectivity index (χ0n) is 11.4. The van der Waals surface area contributed by atoms with Gasteiger partial charge in [0.15, 0.2) is 0 Å². The first kappa shape index (κ1) is 15.8. The minimum atomic E-state index is -4.05. The zero-order chi connectivity index (χ0) is 15.8. The van der Waals surface area contributed by atoms with Crippen molar-refractivity contribution in [3.05, 3.63) is 51.7 Å². The molecule has 0 aromatic heterocycles. The van der Waals surface area contributed by atoms with E-state index >= 15 is 0 Å². The van der Waals surface area contributed by atoms with Crippen LogP contribution in [0.15, 0.2) is 39.7 Å². The van der Waals surface area contributed by atoms with Gasteiger partial charge in [-0.05, 0) is 53.0 Å². The second-order valence-electron chi connectivity index (χ2n) is 4.68. The van der Waals surface area contributed by atoms with Crippen LogP contribution in [0.5, 0.6) is 0 Å². The standard InChI is InChI=1S/C14H14BrFN2O2S/c1-8-4-3-5-9(2)14(8)18-21(19,20)13-7-12(17)10(15)6-11(13)16/h3-7,18H,17H2,1-2H3. The normalized spacial score (nSPS) is 11.4. The third-order valence-corrected chi connectivity index (χ3v) is 5.11. The first-order valence-corrected chi connectivity index (χ1v) is 8.33. The van der Waals surface area contributed by atoms with Crippen LogP contribution < -0.4 is 10.5 Å². The first-order valence-electron chi connectivity index (χ1n) is 6.06. The highest BCUT2D eigenvalue weighted by molar-refractivity contribution is 9.10. The van der Waals surface area contributed by atoms with E-state index in [1.807, 2.05) is 6.07 Å². The van der Waals surface area contributed by atoms with Crippen molar-refractivity contribution in [3.63, 3.8) is 0 Å². The molecule has 0 aliphatic rings. The Labute approximate surface area is 131 Å². The van der Waals surface area contributed by atoms with Gasteiger partial charge in [0.05, 0.1) is 5.69 Å². The number of nitrogens with two attached hydrogens (primary N) is 1. The van der Waals surface area contributed by atoms with Crippen molar-refractivity contribution < 1.29 is 12.8 Å². The topological polar surface area (TPSA) is 72.2 Å². The van der Waals surface area contributed by atoms with E-state index < -0.39 is 20.7 Å². The van der Waals surface area contributed by atoms with Gasteiger partial charge < -0.3 is 5.73 Å². The highest BCUT2D eigenvalue weighted by atomic mass is 79.9. The molecule has 0 atom stereocenters. The van der Waals surface area contributed by atoms with Crippen LogP contribution in [-0.2, 0) is 10.0 Å². The molecule has 0 saturated carbocycles. The first-order chi connectivity index (χ1) is 9.72. The molecule has 3 N–H and O–H groups in total. The van der Waals surface area contributed by atoms with Crippen molar-refractivity contribution in [1.82, 2.24) is 0 Å². The van der Waals surface area contributed by atoms with Crippen LogP contribution >= 0.6 is 15.9 Å². The molecular weight excluding hydrogens is 359 g/mol. The van der Waals surface area contributed by atoms with Crippen LogP contribution in [0.4, 0.5) is 15.8 Å².